The molecule has 7 nitrogen and oxygen atoms in total. The van der Waals surface area contributed by atoms with Crippen LogP contribution in [0.3, 0.4) is 0 Å². The van der Waals surface area contributed by atoms with Crippen LogP contribution in [0.25, 0.3) is 5.69 Å². The summed E-state index contributed by atoms with van der Waals surface area (Å²) in [5.74, 6) is -2.03. The van der Waals surface area contributed by atoms with E-state index in [0.717, 1.165) is 29.8 Å². The number of hydrogen-bond donors (Lipinski definition) is 2. The van der Waals surface area contributed by atoms with Gasteiger partial charge in [0.05, 0.1) is 11.4 Å². The molecule has 1 aromatic heterocycles. The van der Waals surface area contributed by atoms with Crippen LogP contribution in [-0.2, 0) is 16.0 Å². The summed E-state index contributed by atoms with van der Waals surface area (Å²) in [5.41, 5.74) is 7.95. The van der Waals surface area contributed by atoms with Crippen molar-refractivity contribution in [2.45, 2.75) is 31.2 Å². The van der Waals surface area contributed by atoms with Crippen LogP contribution in [0.2, 0.25) is 0 Å². The van der Waals surface area contributed by atoms with Gasteiger partial charge in [0.15, 0.2) is 0 Å². The molecule has 1 aliphatic carbocycles. The van der Waals surface area contributed by atoms with Crippen molar-refractivity contribution in [2.24, 2.45) is 5.73 Å². The second-order valence-corrected chi connectivity index (χ2v) is 7.42. The van der Waals surface area contributed by atoms with Gasteiger partial charge >= 0.3 is 0 Å². The van der Waals surface area contributed by atoms with Crippen LogP contribution in [0.1, 0.15) is 40.5 Å². The van der Waals surface area contributed by atoms with Crippen LogP contribution in [0.5, 0.6) is 0 Å². The predicted molar refractivity (Wildman–Crippen MR) is 111 cm³/mol. The van der Waals surface area contributed by atoms with Gasteiger partial charge in [-0.05, 0) is 36.6 Å². The van der Waals surface area contributed by atoms with E-state index in [1.807, 2.05) is 60.7 Å². The Hall–Kier alpha value is -3.74. The molecule has 1 atom stereocenters. The minimum absolute atomic E-state index is 0.170. The number of Topliss-reactive ketones (excluding diaryl/α,β-unsaturated/α-hetero) is 1. The Kier molecular flexibility index (Phi) is 5.43. The van der Waals surface area contributed by atoms with Crippen LogP contribution in [0, 0.1) is 0 Å². The first-order valence-electron chi connectivity index (χ1n) is 9.86. The quantitative estimate of drug-likeness (QED) is 0.563. The highest BCUT2D eigenvalue weighted by atomic mass is 16.2. The van der Waals surface area contributed by atoms with Gasteiger partial charge in [-0.1, -0.05) is 48.5 Å². The molecule has 0 radical (unpaired) electrons. The topological polar surface area (TPSA) is 107 Å². The number of aromatic nitrogens is 2. The van der Waals surface area contributed by atoms with E-state index < -0.39 is 23.6 Å². The lowest BCUT2D eigenvalue weighted by atomic mass is 10.0. The van der Waals surface area contributed by atoms with Crippen molar-refractivity contribution >= 4 is 17.6 Å². The van der Waals surface area contributed by atoms with Gasteiger partial charge in [-0.2, -0.15) is 5.10 Å². The number of hydrogen-bond acceptors (Lipinski definition) is 4. The van der Waals surface area contributed by atoms with Crippen LogP contribution in [0.15, 0.2) is 66.7 Å². The first-order valence-corrected chi connectivity index (χ1v) is 9.86. The standard InChI is InChI=1S/C23H22N4O3/c24-22(29)21(28)19(13-15-7-3-1-4-8-15)25-23(30)20-14-18(16-11-12-16)26-27(20)17-9-5-2-6-10-17/h1-10,14,16,19H,11-13H2,(H2,24,29)(H,25,30). The van der Waals surface area contributed by atoms with Crippen LogP contribution in [0.4, 0.5) is 0 Å². The summed E-state index contributed by atoms with van der Waals surface area (Å²) in [6.45, 7) is 0. The molecule has 0 saturated heterocycles. The molecule has 1 unspecified atom stereocenters. The summed E-state index contributed by atoms with van der Waals surface area (Å²) in [4.78, 5) is 37.1. The van der Waals surface area contributed by atoms with Crippen LogP contribution < -0.4 is 11.1 Å². The maximum absolute atomic E-state index is 13.1. The second-order valence-electron chi connectivity index (χ2n) is 7.42. The van der Waals surface area contributed by atoms with E-state index in [-0.39, 0.29) is 6.42 Å². The Balaban J connectivity index is 1.63. The largest absolute Gasteiger partial charge is 0.363 e. The Morgan fingerprint density at radius 3 is 2.27 bits per heavy atom. The van der Waals surface area contributed by atoms with Crippen molar-refractivity contribution in [1.29, 1.82) is 0 Å². The molecular weight excluding hydrogens is 380 g/mol. The SMILES string of the molecule is NC(=O)C(=O)C(Cc1ccccc1)NC(=O)c1cc(C2CC2)nn1-c1ccccc1. The molecule has 2 aromatic carbocycles. The minimum atomic E-state index is -1.08. The molecule has 152 valence electrons. The normalized spacial score (nSPS) is 14.1. The number of rotatable bonds is 8. The predicted octanol–water partition coefficient (Wildman–Crippen LogP) is 2.15. The zero-order valence-electron chi connectivity index (χ0n) is 16.3. The van der Waals surface area contributed by atoms with E-state index in [0.29, 0.717) is 11.6 Å². The molecule has 1 fully saturated rings. The van der Waals surface area contributed by atoms with Crippen molar-refractivity contribution < 1.29 is 14.4 Å². The monoisotopic (exact) mass is 402 g/mol. The third-order valence-electron chi connectivity index (χ3n) is 5.10. The number of nitrogens with one attached hydrogen (secondary N) is 1. The molecule has 1 heterocycles. The number of benzene rings is 2. The smallest absolute Gasteiger partial charge is 0.287 e. The number of ketones is 1. The summed E-state index contributed by atoms with van der Waals surface area (Å²) in [6, 6.07) is 19.2. The van der Waals surface area contributed by atoms with Gasteiger partial charge < -0.3 is 11.1 Å². The zero-order valence-corrected chi connectivity index (χ0v) is 16.3. The van der Waals surface area contributed by atoms with Gasteiger partial charge in [0.1, 0.15) is 11.7 Å². The first kappa shape index (κ1) is 19.6. The third kappa shape index (κ3) is 4.30. The molecule has 1 aliphatic rings. The van der Waals surface area contributed by atoms with Crippen LogP contribution in [-0.4, -0.2) is 33.4 Å². The van der Waals surface area contributed by atoms with Gasteiger partial charge in [-0.25, -0.2) is 4.68 Å². The maximum Gasteiger partial charge on any atom is 0.287 e. The van der Waals surface area contributed by atoms with Gasteiger partial charge in [0.2, 0.25) is 5.78 Å². The van der Waals surface area contributed by atoms with Gasteiger partial charge in [0.25, 0.3) is 11.8 Å². The Morgan fingerprint density at radius 1 is 1.03 bits per heavy atom. The number of nitrogens with two attached hydrogens (primary N) is 1. The minimum Gasteiger partial charge on any atom is -0.363 e. The van der Waals surface area contributed by atoms with E-state index in [2.05, 4.69) is 10.4 Å². The Bertz CT molecular complexity index is 1070. The number of para-hydroxylation sites is 1. The van der Waals surface area contributed by atoms with Crippen molar-refractivity contribution in [2.75, 3.05) is 0 Å². The van der Waals surface area contributed by atoms with Gasteiger partial charge in [-0.3, -0.25) is 14.4 Å². The average molecular weight is 402 g/mol. The Morgan fingerprint density at radius 2 is 1.67 bits per heavy atom. The van der Waals surface area contributed by atoms with Crippen LogP contribution >= 0.6 is 0 Å². The van der Waals surface area contributed by atoms with E-state index >= 15 is 0 Å². The van der Waals surface area contributed by atoms with E-state index in [1.165, 1.54) is 0 Å². The molecule has 3 aromatic rings. The van der Waals surface area contributed by atoms with E-state index in [9.17, 15) is 14.4 Å². The third-order valence-corrected chi connectivity index (χ3v) is 5.10. The van der Waals surface area contributed by atoms with Crippen molar-refractivity contribution in [3.63, 3.8) is 0 Å². The maximum atomic E-state index is 13.1. The molecule has 2 amide bonds. The zero-order chi connectivity index (χ0) is 21.1. The fourth-order valence-corrected chi connectivity index (χ4v) is 3.37. The molecule has 0 aliphatic heterocycles. The highest BCUT2D eigenvalue weighted by Crippen LogP contribution is 2.39. The van der Waals surface area contributed by atoms with E-state index in [1.54, 1.807) is 10.7 Å². The number of carbonyl (C=O) groups is 3. The second kappa shape index (κ2) is 8.32. The summed E-state index contributed by atoms with van der Waals surface area (Å²) < 4.78 is 1.58. The lowest BCUT2D eigenvalue weighted by molar-refractivity contribution is -0.137. The number of primary amides is 1. The molecule has 1 saturated carbocycles. The molecule has 0 spiro atoms. The van der Waals surface area contributed by atoms with Gasteiger partial charge in [-0.15, -0.1) is 0 Å². The number of amides is 2. The molecular formula is C23H22N4O3. The summed E-state index contributed by atoms with van der Waals surface area (Å²) in [5, 5.41) is 7.31. The summed E-state index contributed by atoms with van der Waals surface area (Å²) in [6.07, 6.45) is 2.26. The lowest BCUT2D eigenvalue weighted by Crippen LogP contribution is -2.47. The fourth-order valence-electron chi connectivity index (χ4n) is 3.37. The molecule has 30 heavy (non-hydrogen) atoms. The van der Waals surface area contributed by atoms with Crippen molar-refractivity contribution in [3.8, 4) is 5.69 Å². The van der Waals surface area contributed by atoms with Gasteiger partial charge in [0, 0.05) is 12.3 Å². The lowest BCUT2D eigenvalue weighted by Gasteiger charge is -2.17. The molecule has 7 heteroatoms. The number of nitrogens with zero attached hydrogens (tertiary/aromatic N) is 2. The summed E-state index contributed by atoms with van der Waals surface area (Å²) >= 11 is 0. The fraction of sp³-hybridized carbons (Fsp3) is 0.217. The summed E-state index contributed by atoms with van der Waals surface area (Å²) in [7, 11) is 0. The Labute approximate surface area is 173 Å². The number of carbonyl (C=O) groups excluding carboxylic acids is 3. The molecule has 4 rings (SSSR count). The highest BCUT2D eigenvalue weighted by Gasteiger charge is 2.31. The molecule has 3 N–H and O–H groups in total. The van der Waals surface area contributed by atoms with E-state index in [4.69, 9.17) is 5.73 Å². The first-order chi connectivity index (χ1) is 14.5. The van der Waals surface area contributed by atoms with Crippen molar-refractivity contribution in [1.82, 2.24) is 15.1 Å². The average Bonchev–Trinajstić information content (AvgIpc) is 3.52. The molecule has 0 bridgehead atoms. The van der Waals surface area contributed by atoms with Crippen molar-refractivity contribution in [3.05, 3.63) is 83.7 Å². The highest BCUT2D eigenvalue weighted by molar-refractivity contribution is 6.38.